The molecule has 4 heteroatoms. The third-order valence-corrected chi connectivity index (χ3v) is 3.41. The van der Waals surface area contributed by atoms with Crippen LogP contribution in [0.25, 0.3) is 0 Å². The van der Waals surface area contributed by atoms with Gasteiger partial charge in [-0.1, -0.05) is 39.1 Å². The van der Waals surface area contributed by atoms with Gasteiger partial charge < -0.3 is 5.32 Å². The van der Waals surface area contributed by atoms with Gasteiger partial charge >= 0.3 is 0 Å². The summed E-state index contributed by atoms with van der Waals surface area (Å²) in [5.41, 5.74) is 1.16. The molecule has 1 rings (SSSR count). The van der Waals surface area contributed by atoms with Crippen LogP contribution in [0.15, 0.2) is 0 Å². The van der Waals surface area contributed by atoms with Gasteiger partial charge in [-0.3, -0.25) is 0 Å². The van der Waals surface area contributed by atoms with E-state index in [1.165, 1.54) is 4.88 Å². The molecule has 0 bridgehead atoms. The first-order valence-corrected chi connectivity index (χ1v) is 6.89. The van der Waals surface area contributed by atoms with Gasteiger partial charge in [-0.05, 0) is 36.3 Å². The fourth-order valence-corrected chi connectivity index (χ4v) is 2.74. The Hall–Kier alpha value is -0.480. The van der Waals surface area contributed by atoms with Crippen molar-refractivity contribution in [1.82, 2.24) is 14.9 Å². The molecule has 0 amide bonds. The van der Waals surface area contributed by atoms with E-state index < -0.39 is 0 Å². The maximum Gasteiger partial charge on any atom is 0.0829 e. The van der Waals surface area contributed by atoms with Crippen molar-refractivity contribution >= 4 is 11.5 Å². The summed E-state index contributed by atoms with van der Waals surface area (Å²) in [6.45, 7) is 12.0. The molecule has 0 fully saturated rings. The van der Waals surface area contributed by atoms with Crippen molar-refractivity contribution in [3.8, 4) is 0 Å². The molecule has 1 heterocycles. The highest BCUT2D eigenvalue weighted by molar-refractivity contribution is 7.05. The fraction of sp³-hybridized carbons (Fsp3) is 0.833. The van der Waals surface area contributed by atoms with Crippen molar-refractivity contribution in [3.63, 3.8) is 0 Å². The van der Waals surface area contributed by atoms with Crippen molar-refractivity contribution in [1.29, 1.82) is 0 Å². The summed E-state index contributed by atoms with van der Waals surface area (Å²) >= 11 is 1.54. The van der Waals surface area contributed by atoms with E-state index in [1.54, 1.807) is 11.5 Å². The number of nitrogens with zero attached hydrogens (tertiary/aromatic N) is 2. The standard InChI is InChI=1S/C12H23N3S/c1-6-13-10(7-8(2)3)12-11(9(4)5)14-15-16-12/h8-10,13H,6-7H2,1-5H3. The quantitative estimate of drug-likeness (QED) is 0.830. The largest absolute Gasteiger partial charge is 0.309 e. The molecule has 1 aromatic heterocycles. The van der Waals surface area contributed by atoms with Gasteiger partial charge in [0.25, 0.3) is 0 Å². The smallest absolute Gasteiger partial charge is 0.0829 e. The van der Waals surface area contributed by atoms with E-state index in [9.17, 15) is 0 Å². The van der Waals surface area contributed by atoms with Crippen molar-refractivity contribution in [3.05, 3.63) is 10.6 Å². The summed E-state index contributed by atoms with van der Waals surface area (Å²) in [4.78, 5) is 1.32. The summed E-state index contributed by atoms with van der Waals surface area (Å²) in [7, 11) is 0. The minimum atomic E-state index is 0.419. The van der Waals surface area contributed by atoms with Gasteiger partial charge in [0.15, 0.2) is 0 Å². The van der Waals surface area contributed by atoms with E-state index >= 15 is 0 Å². The van der Waals surface area contributed by atoms with Gasteiger partial charge in [-0.2, -0.15) is 0 Å². The molecule has 0 aliphatic heterocycles. The summed E-state index contributed by atoms with van der Waals surface area (Å²) in [6.07, 6.45) is 1.15. The molecule has 1 aromatic rings. The molecule has 1 N–H and O–H groups in total. The van der Waals surface area contributed by atoms with Crippen LogP contribution in [0.4, 0.5) is 0 Å². The van der Waals surface area contributed by atoms with Gasteiger partial charge in [-0.25, -0.2) is 0 Å². The Kier molecular flexibility index (Phi) is 5.35. The molecule has 92 valence electrons. The molecule has 0 spiro atoms. The van der Waals surface area contributed by atoms with Crippen molar-refractivity contribution in [2.24, 2.45) is 5.92 Å². The maximum atomic E-state index is 4.25. The van der Waals surface area contributed by atoms with Crippen molar-refractivity contribution < 1.29 is 0 Å². The molecule has 1 atom stereocenters. The number of hydrogen-bond acceptors (Lipinski definition) is 4. The first kappa shape index (κ1) is 13.6. The summed E-state index contributed by atoms with van der Waals surface area (Å²) in [5.74, 6) is 1.15. The lowest BCUT2D eigenvalue weighted by atomic mass is 9.98. The van der Waals surface area contributed by atoms with Gasteiger partial charge in [0.1, 0.15) is 0 Å². The van der Waals surface area contributed by atoms with Crippen LogP contribution in [-0.4, -0.2) is 16.1 Å². The van der Waals surface area contributed by atoms with E-state index in [0.717, 1.165) is 18.7 Å². The van der Waals surface area contributed by atoms with Gasteiger partial charge in [-0.15, -0.1) is 5.10 Å². The second-order valence-corrected chi connectivity index (χ2v) is 5.70. The van der Waals surface area contributed by atoms with Crippen LogP contribution in [-0.2, 0) is 0 Å². The van der Waals surface area contributed by atoms with E-state index in [0.29, 0.717) is 17.9 Å². The third kappa shape index (κ3) is 3.52. The Morgan fingerprint density at radius 2 is 1.94 bits per heavy atom. The van der Waals surface area contributed by atoms with E-state index in [4.69, 9.17) is 0 Å². The lowest BCUT2D eigenvalue weighted by Crippen LogP contribution is -2.22. The van der Waals surface area contributed by atoms with Crippen LogP contribution in [0.1, 0.15) is 63.6 Å². The number of rotatable bonds is 6. The maximum absolute atomic E-state index is 4.25. The molecule has 0 radical (unpaired) electrons. The highest BCUT2D eigenvalue weighted by Crippen LogP contribution is 2.30. The average Bonchev–Trinajstić information content (AvgIpc) is 2.64. The zero-order chi connectivity index (χ0) is 12.1. The van der Waals surface area contributed by atoms with Crippen LogP contribution in [0.2, 0.25) is 0 Å². The molecule has 0 saturated heterocycles. The highest BCUT2D eigenvalue weighted by Gasteiger charge is 2.21. The Labute approximate surface area is 103 Å². The van der Waals surface area contributed by atoms with Crippen LogP contribution in [0.3, 0.4) is 0 Å². The minimum Gasteiger partial charge on any atom is -0.309 e. The summed E-state index contributed by atoms with van der Waals surface area (Å²) < 4.78 is 4.11. The second kappa shape index (κ2) is 6.30. The zero-order valence-corrected chi connectivity index (χ0v) is 11.8. The second-order valence-electron chi connectivity index (χ2n) is 4.92. The minimum absolute atomic E-state index is 0.419. The van der Waals surface area contributed by atoms with Gasteiger partial charge in [0, 0.05) is 6.04 Å². The van der Waals surface area contributed by atoms with Crippen LogP contribution < -0.4 is 5.32 Å². The molecule has 0 aliphatic carbocycles. The van der Waals surface area contributed by atoms with Gasteiger partial charge in [0.05, 0.1) is 10.6 Å². The average molecular weight is 241 g/mol. The SMILES string of the molecule is CCNC(CC(C)C)c1snnc1C(C)C. The van der Waals surface area contributed by atoms with Crippen molar-refractivity contribution in [2.45, 2.75) is 53.0 Å². The predicted octanol–water partition coefficient (Wildman–Crippen LogP) is 3.36. The first-order valence-electron chi connectivity index (χ1n) is 6.11. The van der Waals surface area contributed by atoms with E-state index in [-0.39, 0.29) is 0 Å². The van der Waals surface area contributed by atoms with E-state index in [2.05, 4.69) is 49.5 Å². The Bertz CT molecular complexity index is 307. The monoisotopic (exact) mass is 241 g/mol. The first-order chi connectivity index (χ1) is 7.56. The fourth-order valence-electron chi connectivity index (χ4n) is 1.85. The lowest BCUT2D eigenvalue weighted by Gasteiger charge is -2.19. The highest BCUT2D eigenvalue weighted by atomic mass is 32.1. The molecule has 0 saturated carbocycles. The van der Waals surface area contributed by atoms with Crippen LogP contribution in [0.5, 0.6) is 0 Å². The third-order valence-electron chi connectivity index (χ3n) is 2.56. The Morgan fingerprint density at radius 1 is 1.25 bits per heavy atom. The molecule has 0 aliphatic rings. The molecule has 1 unspecified atom stereocenters. The van der Waals surface area contributed by atoms with Crippen LogP contribution >= 0.6 is 11.5 Å². The summed E-state index contributed by atoms with van der Waals surface area (Å²) in [5, 5.41) is 7.80. The predicted molar refractivity (Wildman–Crippen MR) is 69.9 cm³/mol. The Balaban J connectivity index is 2.87. The van der Waals surface area contributed by atoms with Gasteiger partial charge in [0.2, 0.25) is 0 Å². The molecule has 0 aromatic carbocycles. The van der Waals surface area contributed by atoms with Crippen LogP contribution in [0, 0.1) is 5.92 Å². The van der Waals surface area contributed by atoms with Crippen molar-refractivity contribution in [2.75, 3.05) is 6.54 Å². The normalized spacial score (nSPS) is 13.7. The molecule has 3 nitrogen and oxygen atoms in total. The summed E-state index contributed by atoms with van der Waals surface area (Å²) in [6, 6.07) is 0.419. The molecular weight excluding hydrogens is 218 g/mol. The number of aromatic nitrogens is 2. The zero-order valence-electron chi connectivity index (χ0n) is 10.9. The lowest BCUT2D eigenvalue weighted by molar-refractivity contribution is 0.440. The van der Waals surface area contributed by atoms with E-state index in [1.807, 2.05) is 0 Å². The topological polar surface area (TPSA) is 37.8 Å². The molecular formula is C12H23N3S. The number of nitrogens with one attached hydrogen (secondary N) is 1. The Morgan fingerprint density at radius 3 is 2.44 bits per heavy atom. The molecule has 16 heavy (non-hydrogen) atoms. The number of hydrogen-bond donors (Lipinski definition) is 1.